The van der Waals surface area contributed by atoms with Crippen LogP contribution in [0.4, 0.5) is 5.82 Å². The fraction of sp³-hybridized carbons (Fsp3) is 0.303. The fourth-order valence-corrected chi connectivity index (χ4v) is 6.14. The third-order valence-electron chi connectivity index (χ3n) is 7.32. The number of nitrogens with zero attached hydrogens (tertiary/aromatic N) is 2. The summed E-state index contributed by atoms with van der Waals surface area (Å²) in [6.07, 6.45) is 0.689. The van der Waals surface area contributed by atoms with Crippen LogP contribution in [-0.2, 0) is 32.6 Å². The van der Waals surface area contributed by atoms with E-state index in [0.717, 1.165) is 11.1 Å². The van der Waals surface area contributed by atoms with Crippen LogP contribution in [0.1, 0.15) is 42.7 Å². The van der Waals surface area contributed by atoms with Crippen LogP contribution in [0.25, 0.3) is 11.1 Å². The Morgan fingerprint density at radius 1 is 0.907 bits per heavy atom. The molecule has 2 amide bonds. The average Bonchev–Trinajstić information content (AvgIpc) is 3.30. The molecule has 0 spiro atoms. The molecule has 0 aliphatic carbocycles. The molecule has 2 N–H and O–H groups in total. The maximum atomic E-state index is 13.6. The smallest absolute Gasteiger partial charge is 0.263 e. The summed E-state index contributed by atoms with van der Waals surface area (Å²) in [7, 11) is -2.40. The monoisotopic (exact) mass is 602 g/mol. The van der Waals surface area contributed by atoms with Gasteiger partial charge in [-0.1, -0.05) is 91.8 Å². The van der Waals surface area contributed by atoms with E-state index in [4.69, 9.17) is 4.52 Å². The number of sulfonamides is 1. The van der Waals surface area contributed by atoms with Gasteiger partial charge in [-0.3, -0.25) is 14.3 Å². The molecule has 4 rings (SSSR count). The number of hydrogen-bond donors (Lipinski definition) is 2. The van der Waals surface area contributed by atoms with Gasteiger partial charge in [-0.2, -0.15) is 0 Å². The van der Waals surface area contributed by atoms with Gasteiger partial charge in [0.25, 0.3) is 10.0 Å². The zero-order valence-electron chi connectivity index (χ0n) is 25.1. The summed E-state index contributed by atoms with van der Waals surface area (Å²) >= 11 is 0. The van der Waals surface area contributed by atoms with Gasteiger partial charge in [-0.05, 0) is 48.9 Å². The first-order chi connectivity index (χ1) is 20.5. The van der Waals surface area contributed by atoms with Gasteiger partial charge in [0.2, 0.25) is 11.8 Å². The summed E-state index contributed by atoms with van der Waals surface area (Å²) in [5, 5.41) is 6.56. The van der Waals surface area contributed by atoms with Gasteiger partial charge < -0.3 is 14.7 Å². The van der Waals surface area contributed by atoms with Gasteiger partial charge in [0, 0.05) is 24.7 Å². The second-order valence-electron chi connectivity index (χ2n) is 11.0. The molecular formula is C33H38N4O5S. The first-order valence-electron chi connectivity index (χ1n) is 14.2. The van der Waals surface area contributed by atoms with E-state index in [1.54, 1.807) is 44.0 Å². The maximum absolute atomic E-state index is 13.6. The van der Waals surface area contributed by atoms with E-state index in [1.165, 1.54) is 6.07 Å². The van der Waals surface area contributed by atoms with Crippen LogP contribution < -0.4 is 10.0 Å². The second-order valence-corrected chi connectivity index (χ2v) is 12.6. The highest BCUT2D eigenvalue weighted by Crippen LogP contribution is 2.30. The van der Waals surface area contributed by atoms with Gasteiger partial charge in [0.15, 0.2) is 5.82 Å². The highest BCUT2D eigenvalue weighted by atomic mass is 32.2. The predicted molar refractivity (Wildman–Crippen MR) is 167 cm³/mol. The molecule has 4 aromatic rings. The fourth-order valence-electron chi connectivity index (χ4n) is 4.85. The number of benzene rings is 3. The van der Waals surface area contributed by atoms with E-state index in [0.29, 0.717) is 28.9 Å². The van der Waals surface area contributed by atoms with Crippen molar-refractivity contribution in [3.8, 4) is 11.1 Å². The molecule has 43 heavy (non-hydrogen) atoms. The van der Waals surface area contributed by atoms with Crippen LogP contribution in [0.2, 0.25) is 0 Å². The van der Waals surface area contributed by atoms with Crippen LogP contribution in [-0.4, -0.2) is 43.4 Å². The number of rotatable bonds is 12. The Bertz CT molecular complexity index is 1670. The molecule has 1 heterocycles. The molecule has 9 nitrogen and oxygen atoms in total. The summed E-state index contributed by atoms with van der Waals surface area (Å²) in [6, 6.07) is 22.9. The minimum atomic E-state index is -3.98. The molecule has 0 unspecified atom stereocenters. The molecule has 0 aliphatic heterocycles. The van der Waals surface area contributed by atoms with Crippen molar-refractivity contribution in [3.63, 3.8) is 0 Å². The number of aryl methyl sites for hydroxylation is 1. The number of hydrogen-bond acceptors (Lipinski definition) is 6. The minimum Gasteiger partial charge on any atom is -0.359 e. The molecule has 0 radical (unpaired) electrons. The van der Waals surface area contributed by atoms with E-state index in [-0.39, 0.29) is 41.4 Å². The van der Waals surface area contributed by atoms with Crippen molar-refractivity contribution in [3.05, 3.63) is 101 Å². The Kier molecular flexibility index (Phi) is 10.0. The topological polar surface area (TPSA) is 122 Å². The summed E-state index contributed by atoms with van der Waals surface area (Å²) in [4.78, 5) is 28.4. The van der Waals surface area contributed by atoms with Crippen molar-refractivity contribution < 1.29 is 22.5 Å². The second kappa shape index (κ2) is 13.7. The molecule has 1 aromatic heterocycles. The van der Waals surface area contributed by atoms with Crippen molar-refractivity contribution in [2.75, 3.05) is 11.8 Å². The Morgan fingerprint density at radius 2 is 1.56 bits per heavy atom. The molecule has 0 aliphatic rings. The molecule has 10 heteroatoms. The summed E-state index contributed by atoms with van der Waals surface area (Å²) < 4.78 is 34.4. The third kappa shape index (κ3) is 7.70. The number of likely N-dealkylation sites (N-methyl/N-ethyl adjacent to an activating group) is 1. The Morgan fingerprint density at radius 3 is 2.16 bits per heavy atom. The van der Waals surface area contributed by atoms with Gasteiger partial charge in [-0.25, -0.2) is 8.42 Å². The van der Waals surface area contributed by atoms with Crippen molar-refractivity contribution in [1.29, 1.82) is 0 Å². The highest BCUT2D eigenvalue weighted by Gasteiger charge is 2.30. The van der Waals surface area contributed by atoms with Gasteiger partial charge in [0.05, 0.1) is 11.3 Å². The van der Waals surface area contributed by atoms with E-state index in [2.05, 4.69) is 15.2 Å². The largest absolute Gasteiger partial charge is 0.359 e. The SMILES string of the molecule is CNC(=O)[C@H](CC(C)C)N(Cc1ccc(-c2ccccc2S(=O)(=O)Nc2noc(C)c2C)cc1)C(=O)Cc1ccccc1. The van der Waals surface area contributed by atoms with Crippen LogP contribution in [0.3, 0.4) is 0 Å². The molecule has 0 saturated carbocycles. The van der Waals surface area contributed by atoms with Crippen molar-refractivity contribution in [1.82, 2.24) is 15.4 Å². The van der Waals surface area contributed by atoms with Crippen molar-refractivity contribution in [2.45, 2.75) is 58.0 Å². The number of aromatic nitrogens is 1. The minimum absolute atomic E-state index is 0.0964. The van der Waals surface area contributed by atoms with E-state index in [9.17, 15) is 18.0 Å². The summed E-state index contributed by atoms with van der Waals surface area (Å²) in [5.74, 6) is 0.509. The third-order valence-corrected chi connectivity index (χ3v) is 8.72. The number of nitrogens with one attached hydrogen (secondary N) is 2. The Labute approximate surface area is 253 Å². The van der Waals surface area contributed by atoms with Gasteiger partial charge in [0.1, 0.15) is 11.8 Å². The number of amides is 2. The lowest BCUT2D eigenvalue weighted by atomic mass is 9.99. The molecule has 1 atom stereocenters. The van der Waals surface area contributed by atoms with Crippen LogP contribution >= 0.6 is 0 Å². The molecule has 0 bridgehead atoms. The van der Waals surface area contributed by atoms with Crippen LogP contribution in [0.5, 0.6) is 0 Å². The predicted octanol–water partition coefficient (Wildman–Crippen LogP) is 5.49. The Balaban J connectivity index is 1.63. The molecule has 226 valence electrons. The first-order valence-corrected chi connectivity index (χ1v) is 15.7. The lowest BCUT2D eigenvalue weighted by molar-refractivity contribution is -0.141. The highest BCUT2D eigenvalue weighted by molar-refractivity contribution is 7.92. The van der Waals surface area contributed by atoms with Crippen molar-refractivity contribution >= 4 is 27.7 Å². The number of carbonyl (C=O) groups excluding carboxylic acids is 2. The van der Waals surface area contributed by atoms with E-state index < -0.39 is 16.1 Å². The summed E-state index contributed by atoms with van der Waals surface area (Å²) in [6.45, 7) is 7.72. The molecule has 3 aromatic carbocycles. The standard InChI is InChI=1S/C33H38N4O5S/c1-22(2)19-29(33(39)34-5)37(31(38)20-25-11-7-6-8-12-25)21-26-15-17-27(18-16-26)28-13-9-10-14-30(28)43(40,41)36-32-23(3)24(4)42-35-32/h6-18,22,29H,19-21H2,1-5H3,(H,34,39)(H,35,36)/t29-/m0/s1. The van der Waals surface area contributed by atoms with Gasteiger partial charge in [-0.15, -0.1) is 0 Å². The van der Waals surface area contributed by atoms with Crippen molar-refractivity contribution in [2.24, 2.45) is 5.92 Å². The first kappa shape index (κ1) is 31.5. The zero-order chi connectivity index (χ0) is 31.1. The maximum Gasteiger partial charge on any atom is 0.263 e. The average molecular weight is 603 g/mol. The van der Waals surface area contributed by atoms with E-state index >= 15 is 0 Å². The lowest BCUT2D eigenvalue weighted by Gasteiger charge is -2.32. The molecule has 0 saturated heterocycles. The quantitative estimate of drug-likeness (QED) is 0.221. The van der Waals surface area contributed by atoms with Gasteiger partial charge >= 0.3 is 0 Å². The Hall–Kier alpha value is -4.44. The summed E-state index contributed by atoms with van der Waals surface area (Å²) in [5.41, 5.74) is 3.50. The lowest BCUT2D eigenvalue weighted by Crippen LogP contribution is -2.49. The van der Waals surface area contributed by atoms with Crippen LogP contribution in [0.15, 0.2) is 88.3 Å². The van der Waals surface area contributed by atoms with E-state index in [1.807, 2.05) is 68.4 Å². The molecule has 0 fully saturated rings. The molecular weight excluding hydrogens is 564 g/mol. The van der Waals surface area contributed by atoms with Crippen LogP contribution in [0, 0.1) is 19.8 Å². The number of anilines is 1. The zero-order valence-corrected chi connectivity index (χ0v) is 25.9. The normalized spacial score (nSPS) is 12.1. The number of carbonyl (C=O) groups is 2.